The Labute approximate surface area is 170 Å². The molecular formula is C21H26N8. The molecule has 1 aliphatic heterocycles. The SMILES string of the molecule is CC[C@@H]1c2nnc(C)n2-c2cnc(-c3ccncc3CN)nc2N1C1CCCC1. The van der Waals surface area contributed by atoms with Gasteiger partial charge in [0.25, 0.3) is 0 Å². The van der Waals surface area contributed by atoms with Crippen LogP contribution in [0.1, 0.15) is 62.3 Å². The molecule has 29 heavy (non-hydrogen) atoms. The Bertz CT molecular complexity index is 1040. The average Bonchev–Trinajstić information content (AvgIpc) is 3.42. The van der Waals surface area contributed by atoms with Gasteiger partial charge in [0.15, 0.2) is 17.5 Å². The van der Waals surface area contributed by atoms with E-state index in [2.05, 4.69) is 31.6 Å². The summed E-state index contributed by atoms with van der Waals surface area (Å²) in [6, 6.07) is 2.58. The lowest BCUT2D eigenvalue weighted by Gasteiger charge is -2.41. The molecule has 1 aliphatic carbocycles. The smallest absolute Gasteiger partial charge is 0.162 e. The number of anilines is 1. The van der Waals surface area contributed by atoms with Crippen molar-refractivity contribution >= 4 is 5.82 Å². The van der Waals surface area contributed by atoms with Crippen LogP contribution in [0, 0.1) is 6.92 Å². The zero-order chi connectivity index (χ0) is 20.0. The van der Waals surface area contributed by atoms with Gasteiger partial charge in [-0.25, -0.2) is 9.97 Å². The van der Waals surface area contributed by atoms with Crippen molar-refractivity contribution in [3.8, 4) is 17.1 Å². The van der Waals surface area contributed by atoms with Crippen LogP contribution >= 0.6 is 0 Å². The van der Waals surface area contributed by atoms with Gasteiger partial charge in [0.2, 0.25) is 0 Å². The molecule has 0 saturated heterocycles. The highest BCUT2D eigenvalue weighted by Gasteiger charge is 2.39. The van der Waals surface area contributed by atoms with Crippen LogP contribution in [0.4, 0.5) is 5.82 Å². The number of nitrogens with two attached hydrogens (primary N) is 1. The van der Waals surface area contributed by atoms with Crippen molar-refractivity contribution in [3.63, 3.8) is 0 Å². The molecule has 1 saturated carbocycles. The first kappa shape index (κ1) is 18.2. The molecule has 2 N–H and O–H groups in total. The molecule has 150 valence electrons. The van der Waals surface area contributed by atoms with E-state index in [4.69, 9.17) is 15.7 Å². The second-order valence-corrected chi connectivity index (χ2v) is 7.85. The van der Waals surface area contributed by atoms with E-state index in [1.165, 1.54) is 25.7 Å². The highest BCUT2D eigenvalue weighted by Crippen LogP contribution is 2.43. The van der Waals surface area contributed by atoms with Gasteiger partial charge >= 0.3 is 0 Å². The van der Waals surface area contributed by atoms with Gasteiger partial charge in [0.1, 0.15) is 11.5 Å². The van der Waals surface area contributed by atoms with Gasteiger partial charge in [-0.1, -0.05) is 19.8 Å². The molecule has 1 atom stereocenters. The molecule has 0 aromatic carbocycles. The van der Waals surface area contributed by atoms with E-state index in [0.717, 1.165) is 40.7 Å². The van der Waals surface area contributed by atoms with Crippen LogP contribution < -0.4 is 10.6 Å². The second kappa shape index (κ2) is 7.18. The Kier molecular flexibility index (Phi) is 4.50. The topological polar surface area (TPSA) is 98.6 Å². The van der Waals surface area contributed by atoms with E-state index >= 15 is 0 Å². The molecule has 0 amide bonds. The molecule has 5 rings (SSSR count). The van der Waals surface area contributed by atoms with Crippen LogP contribution in [-0.2, 0) is 6.54 Å². The first-order chi connectivity index (χ1) is 14.2. The normalized spacial score (nSPS) is 18.7. The lowest BCUT2D eigenvalue weighted by atomic mass is 10.0. The van der Waals surface area contributed by atoms with Crippen molar-refractivity contribution in [3.05, 3.63) is 41.9 Å². The van der Waals surface area contributed by atoms with E-state index in [9.17, 15) is 0 Å². The molecule has 0 unspecified atom stereocenters. The number of aromatic nitrogens is 6. The number of hydrogen-bond acceptors (Lipinski definition) is 7. The van der Waals surface area contributed by atoms with Crippen LogP contribution in [0.2, 0.25) is 0 Å². The summed E-state index contributed by atoms with van der Waals surface area (Å²) in [6.07, 6.45) is 11.3. The number of hydrogen-bond donors (Lipinski definition) is 1. The fourth-order valence-corrected chi connectivity index (χ4v) is 4.81. The van der Waals surface area contributed by atoms with Crippen molar-refractivity contribution in [1.29, 1.82) is 0 Å². The van der Waals surface area contributed by atoms with Gasteiger partial charge in [-0.2, -0.15) is 0 Å². The molecule has 8 nitrogen and oxygen atoms in total. The van der Waals surface area contributed by atoms with E-state index in [1.807, 2.05) is 19.2 Å². The van der Waals surface area contributed by atoms with Crippen molar-refractivity contribution in [2.45, 2.75) is 64.6 Å². The predicted molar refractivity (Wildman–Crippen MR) is 111 cm³/mol. The van der Waals surface area contributed by atoms with Crippen molar-refractivity contribution in [2.24, 2.45) is 5.73 Å². The van der Waals surface area contributed by atoms with Crippen molar-refractivity contribution in [2.75, 3.05) is 4.90 Å². The summed E-state index contributed by atoms with van der Waals surface area (Å²) < 4.78 is 2.12. The summed E-state index contributed by atoms with van der Waals surface area (Å²) in [6.45, 7) is 4.60. The molecule has 3 aromatic heterocycles. The Morgan fingerprint density at radius 2 is 2.00 bits per heavy atom. The van der Waals surface area contributed by atoms with Gasteiger partial charge in [-0.05, 0) is 37.8 Å². The largest absolute Gasteiger partial charge is 0.342 e. The molecule has 1 fully saturated rings. The molecule has 0 spiro atoms. The summed E-state index contributed by atoms with van der Waals surface area (Å²) in [7, 11) is 0. The standard InChI is InChI=1S/C21H26N8/c1-3-17-21-27-26-13(2)28(21)18-12-24-19(16-8-9-23-11-14(16)10-22)25-20(18)29(17)15-6-4-5-7-15/h8-9,11-12,15,17H,3-7,10,22H2,1-2H3/t17-/m1/s1. The highest BCUT2D eigenvalue weighted by atomic mass is 15.4. The zero-order valence-corrected chi connectivity index (χ0v) is 16.9. The van der Waals surface area contributed by atoms with Gasteiger partial charge in [-0.15, -0.1) is 10.2 Å². The van der Waals surface area contributed by atoms with Crippen molar-refractivity contribution in [1.82, 2.24) is 29.7 Å². The minimum Gasteiger partial charge on any atom is -0.342 e. The van der Waals surface area contributed by atoms with Gasteiger partial charge < -0.3 is 10.6 Å². The van der Waals surface area contributed by atoms with Crippen LogP contribution in [0.5, 0.6) is 0 Å². The minimum absolute atomic E-state index is 0.168. The summed E-state index contributed by atoms with van der Waals surface area (Å²) in [4.78, 5) is 16.5. The van der Waals surface area contributed by atoms with Crippen molar-refractivity contribution < 1.29 is 0 Å². The lowest BCUT2D eigenvalue weighted by molar-refractivity contribution is 0.468. The Balaban J connectivity index is 1.72. The minimum atomic E-state index is 0.168. The Morgan fingerprint density at radius 3 is 2.76 bits per heavy atom. The van der Waals surface area contributed by atoms with Gasteiger partial charge in [-0.3, -0.25) is 9.55 Å². The van der Waals surface area contributed by atoms with E-state index < -0.39 is 0 Å². The fourth-order valence-electron chi connectivity index (χ4n) is 4.81. The third kappa shape index (κ3) is 2.81. The van der Waals surface area contributed by atoms with Crippen LogP contribution in [-0.4, -0.2) is 35.8 Å². The molecule has 8 heteroatoms. The second-order valence-electron chi connectivity index (χ2n) is 7.85. The number of fused-ring (bicyclic) bond motifs is 3. The number of pyridine rings is 1. The number of rotatable bonds is 4. The van der Waals surface area contributed by atoms with Crippen LogP contribution in [0.3, 0.4) is 0 Å². The fraction of sp³-hybridized carbons (Fsp3) is 0.476. The Morgan fingerprint density at radius 1 is 1.17 bits per heavy atom. The highest BCUT2D eigenvalue weighted by molar-refractivity contribution is 5.68. The van der Waals surface area contributed by atoms with Crippen LogP contribution in [0.15, 0.2) is 24.7 Å². The monoisotopic (exact) mass is 390 g/mol. The number of nitrogens with zero attached hydrogens (tertiary/aromatic N) is 7. The maximum absolute atomic E-state index is 5.94. The summed E-state index contributed by atoms with van der Waals surface area (Å²) >= 11 is 0. The third-order valence-electron chi connectivity index (χ3n) is 6.19. The van der Waals surface area contributed by atoms with E-state index in [0.29, 0.717) is 18.4 Å². The molecule has 2 aliphatic rings. The maximum Gasteiger partial charge on any atom is 0.162 e. The molecule has 3 aromatic rings. The predicted octanol–water partition coefficient (Wildman–Crippen LogP) is 3.10. The number of aryl methyl sites for hydroxylation is 1. The Hall–Kier alpha value is -2.87. The molecule has 4 heterocycles. The maximum atomic E-state index is 5.94. The molecule has 0 bridgehead atoms. The average molecular weight is 390 g/mol. The zero-order valence-electron chi connectivity index (χ0n) is 16.9. The lowest BCUT2D eigenvalue weighted by Crippen LogP contribution is -2.42. The first-order valence-electron chi connectivity index (χ1n) is 10.4. The summed E-state index contributed by atoms with van der Waals surface area (Å²) in [5, 5.41) is 8.90. The quantitative estimate of drug-likeness (QED) is 0.731. The molecular weight excluding hydrogens is 364 g/mol. The van der Waals surface area contributed by atoms with Gasteiger partial charge in [0, 0.05) is 30.5 Å². The third-order valence-corrected chi connectivity index (χ3v) is 6.19. The molecule has 0 radical (unpaired) electrons. The van der Waals surface area contributed by atoms with Gasteiger partial charge in [0.05, 0.1) is 12.2 Å². The van der Waals surface area contributed by atoms with E-state index in [1.54, 1.807) is 12.4 Å². The summed E-state index contributed by atoms with van der Waals surface area (Å²) in [5.74, 6) is 3.53. The van der Waals surface area contributed by atoms with Crippen LogP contribution in [0.25, 0.3) is 17.1 Å². The van der Waals surface area contributed by atoms with E-state index in [-0.39, 0.29) is 6.04 Å². The summed E-state index contributed by atoms with van der Waals surface area (Å²) in [5.41, 5.74) is 8.79. The first-order valence-corrected chi connectivity index (χ1v) is 10.4.